The minimum absolute atomic E-state index is 0.242. The zero-order chi connectivity index (χ0) is 7.49. The third kappa shape index (κ3) is 2.43. The van der Waals surface area contributed by atoms with Crippen LogP contribution in [0.1, 0.15) is 6.92 Å². The highest BCUT2D eigenvalue weighted by atomic mass is 35.6. The third-order valence-electron chi connectivity index (χ3n) is 1.03. The molecule has 1 unspecified atom stereocenters. The lowest BCUT2D eigenvalue weighted by Gasteiger charge is -2.21. The minimum Gasteiger partial charge on any atom is -0.386 e. The minimum atomic E-state index is -2.54. The Labute approximate surface area is 66.0 Å². The molecule has 0 spiro atoms. The van der Waals surface area contributed by atoms with Gasteiger partial charge in [0.05, 0.1) is 5.00 Å². The van der Waals surface area contributed by atoms with Crippen LogP contribution in [0.4, 0.5) is 0 Å². The van der Waals surface area contributed by atoms with Gasteiger partial charge in [-0.2, -0.15) is 0 Å². The quantitative estimate of drug-likeness (QED) is 0.381. The van der Waals surface area contributed by atoms with Crippen molar-refractivity contribution in [2.45, 2.75) is 11.9 Å². The molecule has 0 amide bonds. The van der Waals surface area contributed by atoms with Crippen molar-refractivity contribution in [1.82, 2.24) is 0 Å². The van der Waals surface area contributed by atoms with Gasteiger partial charge in [-0.3, -0.25) is 0 Å². The lowest BCUT2D eigenvalue weighted by Crippen LogP contribution is -2.42. The van der Waals surface area contributed by atoms with Gasteiger partial charge in [0.2, 0.25) is 0 Å². The first kappa shape index (κ1) is 9.72. The molecule has 0 N–H and O–H groups in total. The summed E-state index contributed by atoms with van der Waals surface area (Å²) in [4.78, 5) is 0. The molecule has 0 fully saturated rings. The smallest absolute Gasteiger partial charge is 0.386 e. The molecule has 0 aromatic rings. The highest BCUT2D eigenvalue weighted by molar-refractivity contribution is 7.16. The fraction of sp³-hybridized carbons (Fsp3) is 1.00. The second-order valence-corrected chi connectivity index (χ2v) is 7.06. The molecule has 0 aliphatic rings. The van der Waals surface area contributed by atoms with Gasteiger partial charge in [-0.25, -0.2) is 0 Å². The predicted octanol–water partition coefficient (Wildman–Crippen LogP) is 1.62. The van der Waals surface area contributed by atoms with Gasteiger partial charge in [-0.05, 0) is 6.92 Å². The van der Waals surface area contributed by atoms with E-state index in [4.69, 9.17) is 31.5 Å². The zero-order valence-corrected chi connectivity index (χ0v) is 8.16. The van der Waals surface area contributed by atoms with Gasteiger partial charge >= 0.3 is 7.87 Å². The highest BCUT2D eigenvalue weighted by Crippen LogP contribution is 2.19. The first-order chi connectivity index (χ1) is 4.06. The average molecular weight is 189 g/mol. The van der Waals surface area contributed by atoms with Crippen molar-refractivity contribution in [2.24, 2.45) is 0 Å². The summed E-state index contributed by atoms with van der Waals surface area (Å²) in [5.41, 5.74) is 0. The Kier molecular flexibility index (Phi) is 4.08. The van der Waals surface area contributed by atoms with Gasteiger partial charge in [-0.1, -0.05) is 11.1 Å². The van der Waals surface area contributed by atoms with Crippen LogP contribution in [0.5, 0.6) is 0 Å². The van der Waals surface area contributed by atoms with Crippen molar-refractivity contribution in [3.8, 4) is 0 Å². The Morgan fingerprint density at radius 2 is 1.67 bits per heavy atom. The lowest BCUT2D eigenvalue weighted by atomic mass is 11.0. The van der Waals surface area contributed by atoms with Crippen LogP contribution in [0.15, 0.2) is 0 Å². The van der Waals surface area contributed by atoms with Crippen molar-refractivity contribution in [2.75, 3.05) is 14.2 Å². The van der Waals surface area contributed by atoms with Crippen LogP contribution in [-0.2, 0) is 8.85 Å². The molecule has 0 aliphatic heterocycles. The fourth-order valence-corrected chi connectivity index (χ4v) is 1.76. The zero-order valence-electron chi connectivity index (χ0n) is 5.65. The SMILES string of the molecule is CO[Si](Cl)(OC)C(C)Cl. The molecule has 2 nitrogen and oxygen atoms in total. The molecular formula is C4H10Cl2O2Si. The Morgan fingerprint density at radius 1 is 1.33 bits per heavy atom. The fourth-order valence-electron chi connectivity index (χ4n) is 0.408. The van der Waals surface area contributed by atoms with Crippen molar-refractivity contribution < 1.29 is 8.85 Å². The molecule has 0 aromatic carbocycles. The second kappa shape index (κ2) is 3.78. The maximum absolute atomic E-state index is 5.81. The van der Waals surface area contributed by atoms with Crippen molar-refractivity contribution in [3.05, 3.63) is 0 Å². The number of hydrogen-bond acceptors (Lipinski definition) is 2. The van der Waals surface area contributed by atoms with Gasteiger partial charge in [0.1, 0.15) is 0 Å². The Bertz CT molecular complexity index is 84.6. The molecule has 0 aromatic heterocycles. The summed E-state index contributed by atoms with van der Waals surface area (Å²) < 4.78 is 9.80. The summed E-state index contributed by atoms with van der Waals surface area (Å²) in [5.74, 6) is 0. The molecule has 9 heavy (non-hydrogen) atoms. The molecule has 0 saturated carbocycles. The molecule has 0 aliphatic carbocycles. The maximum Gasteiger partial charge on any atom is 0.460 e. The van der Waals surface area contributed by atoms with E-state index in [1.165, 1.54) is 14.2 Å². The number of alkyl halides is 1. The standard InChI is InChI=1S/C4H10Cl2O2Si/c1-4(5)9(6,7-2)8-3/h4H,1-3H3. The normalized spacial score (nSPS) is 15.7. The Morgan fingerprint density at radius 3 is 1.67 bits per heavy atom. The molecule has 56 valence electrons. The van der Waals surface area contributed by atoms with Crippen LogP contribution < -0.4 is 0 Å². The van der Waals surface area contributed by atoms with E-state index in [-0.39, 0.29) is 5.00 Å². The first-order valence-corrected chi connectivity index (χ1v) is 5.84. The van der Waals surface area contributed by atoms with Gasteiger partial charge in [0.25, 0.3) is 0 Å². The van der Waals surface area contributed by atoms with Gasteiger partial charge < -0.3 is 8.85 Å². The van der Waals surface area contributed by atoms with Crippen LogP contribution >= 0.6 is 22.7 Å². The summed E-state index contributed by atoms with van der Waals surface area (Å²) in [5, 5.41) is -0.242. The molecule has 1 atom stereocenters. The van der Waals surface area contributed by atoms with Crippen LogP contribution in [-0.4, -0.2) is 27.1 Å². The van der Waals surface area contributed by atoms with Crippen LogP contribution in [0.2, 0.25) is 0 Å². The largest absolute Gasteiger partial charge is 0.460 e. The van der Waals surface area contributed by atoms with Crippen molar-refractivity contribution in [1.29, 1.82) is 0 Å². The summed E-state index contributed by atoms with van der Waals surface area (Å²) >= 11 is 11.5. The Balaban J connectivity index is 3.92. The van der Waals surface area contributed by atoms with E-state index in [9.17, 15) is 0 Å². The van der Waals surface area contributed by atoms with E-state index >= 15 is 0 Å². The van der Waals surface area contributed by atoms with E-state index in [2.05, 4.69) is 0 Å². The lowest BCUT2D eigenvalue weighted by molar-refractivity contribution is 0.265. The van der Waals surface area contributed by atoms with Crippen LogP contribution in [0.3, 0.4) is 0 Å². The van der Waals surface area contributed by atoms with E-state index < -0.39 is 7.87 Å². The van der Waals surface area contributed by atoms with Crippen molar-refractivity contribution >= 4 is 30.6 Å². The predicted molar refractivity (Wildman–Crippen MR) is 40.9 cm³/mol. The number of hydrogen-bond donors (Lipinski definition) is 0. The average Bonchev–Trinajstić information content (AvgIpc) is 1.86. The third-order valence-corrected chi connectivity index (χ3v) is 6.20. The summed E-state index contributed by atoms with van der Waals surface area (Å²) in [7, 11) is 0.466. The van der Waals surface area contributed by atoms with Gasteiger partial charge in [0.15, 0.2) is 0 Å². The van der Waals surface area contributed by atoms with Crippen molar-refractivity contribution in [3.63, 3.8) is 0 Å². The number of halogens is 2. The maximum atomic E-state index is 5.81. The molecule has 0 rings (SSSR count). The van der Waals surface area contributed by atoms with E-state index in [1.807, 2.05) is 0 Å². The number of rotatable bonds is 3. The summed E-state index contributed by atoms with van der Waals surface area (Å²) in [6, 6.07) is 0. The second-order valence-electron chi connectivity index (χ2n) is 1.61. The highest BCUT2D eigenvalue weighted by Gasteiger charge is 2.39. The van der Waals surface area contributed by atoms with E-state index in [0.717, 1.165) is 0 Å². The molecule has 0 saturated heterocycles. The first-order valence-electron chi connectivity index (χ1n) is 2.50. The monoisotopic (exact) mass is 188 g/mol. The van der Waals surface area contributed by atoms with Crippen LogP contribution in [0.25, 0.3) is 0 Å². The molecule has 5 heteroatoms. The Hall–Kier alpha value is 0.717. The molecule has 0 heterocycles. The van der Waals surface area contributed by atoms with E-state index in [0.29, 0.717) is 0 Å². The van der Waals surface area contributed by atoms with Gasteiger partial charge in [0, 0.05) is 14.2 Å². The molecular weight excluding hydrogens is 179 g/mol. The summed E-state index contributed by atoms with van der Waals surface area (Å²) in [6.45, 7) is 1.76. The summed E-state index contributed by atoms with van der Waals surface area (Å²) in [6.07, 6.45) is 0. The van der Waals surface area contributed by atoms with Crippen LogP contribution in [0, 0.1) is 0 Å². The topological polar surface area (TPSA) is 18.5 Å². The molecule has 0 bridgehead atoms. The van der Waals surface area contributed by atoms with Gasteiger partial charge in [-0.15, -0.1) is 11.6 Å². The van der Waals surface area contributed by atoms with E-state index in [1.54, 1.807) is 6.92 Å². The molecule has 0 radical (unpaired) electrons.